The maximum Gasteiger partial charge on any atom is 0.359 e. The Balaban J connectivity index is 2.65. The molecule has 1 heterocycles. The quantitative estimate of drug-likeness (QED) is 0.727. The van der Waals surface area contributed by atoms with E-state index in [1.54, 1.807) is 0 Å². The molecule has 0 spiro atoms. The number of carboxylic acid groups (broad SMARTS) is 1. The number of carbonyl (C=O) groups is 2. The lowest BCUT2D eigenvalue weighted by atomic mass is 9.98. The molecule has 2 unspecified atom stereocenters. The highest BCUT2D eigenvalue weighted by atomic mass is 19.1. The number of rotatable bonds is 3. The van der Waals surface area contributed by atoms with Crippen LogP contribution in [-0.4, -0.2) is 34.7 Å². The van der Waals surface area contributed by atoms with Gasteiger partial charge in [-0.05, 0) is 18.8 Å². The Bertz CT molecular complexity index is 257. The topological polar surface area (TPSA) is 57.6 Å². The highest BCUT2D eigenvalue weighted by Gasteiger charge is 2.31. The zero-order valence-corrected chi connectivity index (χ0v) is 8.78. The van der Waals surface area contributed by atoms with Gasteiger partial charge < -0.3 is 10.0 Å². The normalized spacial score (nSPS) is 24.8. The Labute approximate surface area is 88.1 Å². The van der Waals surface area contributed by atoms with Crippen LogP contribution in [0.2, 0.25) is 0 Å². The van der Waals surface area contributed by atoms with Crippen LogP contribution in [0.15, 0.2) is 0 Å². The summed E-state index contributed by atoms with van der Waals surface area (Å²) in [5.41, 5.74) is 0. The van der Waals surface area contributed by atoms with Crippen LogP contribution in [0.1, 0.15) is 32.6 Å². The van der Waals surface area contributed by atoms with E-state index in [4.69, 9.17) is 5.11 Å². The molecule has 1 rings (SSSR count). The molecule has 1 fully saturated rings. The van der Waals surface area contributed by atoms with E-state index in [1.807, 2.05) is 6.92 Å². The van der Waals surface area contributed by atoms with Gasteiger partial charge in [0.2, 0.25) is 5.91 Å². The number of nitrogens with zero attached hydrogens (tertiary/aromatic N) is 1. The largest absolute Gasteiger partial charge is 0.478 e. The molecule has 1 N–H and O–H groups in total. The summed E-state index contributed by atoms with van der Waals surface area (Å²) in [6, 6.07) is 0. The average Bonchev–Trinajstić information content (AvgIpc) is 2.39. The van der Waals surface area contributed by atoms with E-state index in [-0.39, 0.29) is 18.9 Å². The molecule has 0 bridgehead atoms. The second-order valence-electron chi connectivity index (χ2n) is 3.86. The summed E-state index contributed by atoms with van der Waals surface area (Å²) in [6.07, 6.45) is 0.443. The summed E-state index contributed by atoms with van der Waals surface area (Å²) < 4.78 is 13.2. The summed E-state index contributed by atoms with van der Waals surface area (Å²) in [5.74, 6) is -1.57. The zero-order chi connectivity index (χ0) is 11.4. The van der Waals surface area contributed by atoms with Crippen LogP contribution in [0.5, 0.6) is 0 Å². The molecule has 86 valence electrons. The van der Waals surface area contributed by atoms with Crippen LogP contribution in [0.4, 0.5) is 4.39 Å². The molecule has 1 aliphatic rings. The van der Waals surface area contributed by atoms with Crippen molar-refractivity contribution >= 4 is 11.9 Å². The summed E-state index contributed by atoms with van der Waals surface area (Å²) in [5, 5.41) is 8.50. The fourth-order valence-corrected chi connectivity index (χ4v) is 1.84. The molecule has 1 amide bonds. The molecule has 0 aromatic carbocycles. The van der Waals surface area contributed by atoms with E-state index in [0.717, 1.165) is 17.7 Å². The Hall–Kier alpha value is -1.13. The fraction of sp³-hybridized carbons (Fsp3) is 0.800. The van der Waals surface area contributed by atoms with Gasteiger partial charge in [-0.1, -0.05) is 13.3 Å². The molecule has 0 aromatic rings. The monoisotopic (exact) mass is 217 g/mol. The number of hydrogen-bond acceptors (Lipinski definition) is 2. The minimum Gasteiger partial charge on any atom is -0.478 e. The van der Waals surface area contributed by atoms with Gasteiger partial charge >= 0.3 is 5.97 Å². The number of alkyl halides is 1. The molecule has 0 radical (unpaired) electrons. The molecule has 2 atom stereocenters. The third kappa shape index (κ3) is 2.91. The van der Waals surface area contributed by atoms with Crippen molar-refractivity contribution in [2.45, 2.75) is 38.9 Å². The lowest BCUT2D eigenvalue weighted by molar-refractivity contribution is -0.157. The third-order valence-corrected chi connectivity index (χ3v) is 2.92. The molecule has 4 nitrogen and oxygen atoms in total. The molecular weight excluding hydrogens is 201 g/mol. The molecule has 0 aromatic heterocycles. The lowest BCUT2D eigenvalue weighted by Crippen LogP contribution is -2.42. The average molecular weight is 217 g/mol. The van der Waals surface area contributed by atoms with Crippen molar-refractivity contribution in [3.8, 4) is 0 Å². The number of carboxylic acids is 1. The van der Waals surface area contributed by atoms with Gasteiger partial charge in [0.1, 0.15) is 0 Å². The van der Waals surface area contributed by atoms with Crippen LogP contribution in [0.3, 0.4) is 0 Å². The van der Waals surface area contributed by atoms with Crippen molar-refractivity contribution in [2.24, 2.45) is 5.92 Å². The van der Waals surface area contributed by atoms with E-state index in [1.165, 1.54) is 0 Å². The molecule has 1 saturated heterocycles. The van der Waals surface area contributed by atoms with E-state index < -0.39 is 12.3 Å². The van der Waals surface area contributed by atoms with Gasteiger partial charge in [-0.3, -0.25) is 4.79 Å². The summed E-state index contributed by atoms with van der Waals surface area (Å²) in [6.45, 7) is 2.24. The van der Waals surface area contributed by atoms with Crippen molar-refractivity contribution in [1.29, 1.82) is 0 Å². The summed E-state index contributed by atoms with van der Waals surface area (Å²) in [7, 11) is 0. The van der Waals surface area contributed by atoms with Gasteiger partial charge in [-0.15, -0.1) is 0 Å². The number of aliphatic carboxylic acids is 1. The fourth-order valence-electron chi connectivity index (χ4n) is 1.84. The molecule has 15 heavy (non-hydrogen) atoms. The van der Waals surface area contributed by atoms with Crippen molar-refractivity contribution in [3.63, 3.8) is 0 Å². The Morgan fingerprint density at radius 3 is 2.87 bits per heavy atom. The molecule has 5 heteroatoms. The number of amides is 1. The van der Waals surface area contributed by atoms with Gasteiger partial charge in [0.05, 0.1) is 0 Å². The van der Waals surface area contributed by atoms with Crippen molar-refractivity contribution < 1.29 is 19.1 Å². The smallest absolute Gasteiger partial charge is 0.359 e. The van der Waals surface area contributed by atoms with Gasteiger partial charge in [0, 0.05) is 13.0 Å². The predicted octanol–water partition coefficient (Wildman–Crippen LogP) is 1.41. The van der Waals surface area contributed by atoms with Crippen molar-refractivity contribution in [1.82, 2.24) is 4.90 Å². The van der Waals surface area contributed by atoms with Gasteiger partial charge in [-0.2, -0.15) is 0 Å². The Morgan fingerprint density at radius 2 is 2.33 bits per heavy atom. The lowest BCUT2D eigenvalue weighted by Gasteiger charge is -2.21. The first-order valence-electron chi connectivity index (χ1n) is 5.22. The van der Waals surface area contributed by atoms with E-state index in [0.29, 0.717) is 12.3 Å². The second kappa shape index (κ2) is 5.09. The van der Waals surface area contributed by atoms with E-state index in [2.05, 4.69) is 0 Å². The first-order chi connectivity index (χ1) is 7.06. The van der Waals surface area contributed by atoms with Gasteiger partial charge in [0.25, 0.3) is 6.30 Å². The first kappa shape index (κ1) is 11.9. The van der Waals surface area contributed by atoms with Crippen molar-refractivity contribution in [2.75, 3.05) is 6.54 Å². The van der Waals surface area contributed by atoms with Gasteiger partial charge in [0.15, 0.2) is 0 Å². The maximum absolute atomic E-state index is 13.2. The summed E-state index contributed by atoms with van der Waals surface area (Å²) >= 11 is 0. The van der Waals surface area contributed by atoms with Gasteiger partial charge in [-0.25, -0.2) is 9.18 Å². The molecule has 0 saturated carbocycles. The van der Waals surface area contributed by atoms with Crippen LogP contribution in [-0.2, 0) is 9.59 Å². The Morgan fingerprint density at radius 1 is 1.67 bits per heavy atom. The minimum absolute atomic E-state index is 0.213. The third-order valence-electron chi connectivity index (χ3n) is 2.92. The van der Waals surface area contributed by atoms with Crippen LogP contribution < -0.4 is 0 Å². The standard InChI is InChI=1S/C10H16FNO3/c1-2-7-3-4-8(13)12(6-5-7)9(11)10(14)15/h7,9H,2-6H2,1H3,(H,14,15). The van der Waals surface area contributed by atoms with E-state index in [9.17, 15) is 14.0 Å². The van der Waals surface area contributed by atoms with Crippen molar-refractivity contribution in [3.05, 3.63) is 0 Å². The minimum atomic E-state index is -2.19. The second-order valence-corrected chi connectivity index (χ2v) is 3.86. The first-order valence-corrected chi connectivity index (χ1v) is 5.22. The number of likely N-dealkylation sites (tertiary alicyclic amines) is 1. The SMILES string of the molecule is CCC1CCC(=O)N(C(F)C(=O)O)CC1. The van der Waals surface area contributed by atoms with Crippen LogP contribution in [0, 0.1) is 5.92 Å². The predicted molar refractivity (Wildman–Crippen MR) is 51.9 cm³/mol. The summed E-state index contributed by atoms with van der Waals surface area (Å²) in [4.78, 5) is 22.7. The maximum atomic E-state index is 13.2. The number of halogens is 1. The highest BCUT2D eigenvalue weighted by molar-refractivity contribution is 5.82. The highest BCUT2D eigenvalue weighted by Crippen LogP contribution is 2.22. The molecule has 1 aliphatic heterocycles. The Kier molecular flexibility index (Phi) is 4.05. The van der Waals surface area contributed by atoms with Crippen LogP contribution >= 0.6 is 0 Å². The number of hydrogen-bond donors (Lipinski definition) is 1. The molecular formula is C10H16FNO3. The molecule has 0 aliphatic carbocycles. The van der Waals surface area contributed by atoms with Crippen LogP contribution in [0.25, 0.3) is 0 Å². The van der Waals surface area contributed by atoms with E-state index >= 15 is 0 Å². The number of carbonyl (C=O) groups excluding carboxylic acids is 1. The zero-order valence-electron chi connectivity index (χ0n) is 8.78.